The molecule has 1 aliphatic heterocycles. The largest absolute Gasteiger partial charge is 0.418 e. The zero-order chi connectivity index (χ0) is 19.4. The molecule has 1 aromatic carbocycles. The molecule has 10 heteroatoms. The molecule has 0 atom stereocenters. The second kappa shape index (κ2) is 8.22. The Morgan fingerprint density at radius 3 is 2.56 bits per heavy atom. The SMILES string of the molecule is CCc1nsc(N2CCN(CC(=O)Nc3ccccc3C(F)(F)F)CC2)n1. The van der Waals surface area contributed by atoms with Gasteiger partial charge in [-0.2, -0.15) is 17.5 Å². The fraction of sp³-hybridized carbons (Fsp3) is 0.471. The molecule has 6 nitrogen and oxygen atoms in total. The number of aryl methyl sites for hydroxylation is 1. The highest BCUT2D eigenvalue weighted by Gasteiger charge is 2.33. The first-order valence-electron chi connectivity index (χ1n) is 8.62. The van der Waals surface area contributed by atoms with Crippen LogP contribution in [0.1, 0.15) is 18.3 Å². The Labute approximate surface area is 159 Å². The van der Waals surface area contributed by atoms with Gasteiger partial charge in [-0.25, -0.2) is 4.98 Å². The lowest BCUT2D eigenvalue weighted by Gasteiger charge is -2.33. The van der Waals surface area contributed by atoms with E-state index in [1.807, 2.05) is 11.8 Å². The number of aromatic nitrogens is 2. The highest BCUT2D eigenvalue weighted by atomic mass is 32.1. The second-order valence-electron chi connectivity index (χ2n) is 6.20. The Balaban J connectivity index is 1.53. The number of hydrogen-bond donors (Lipinski definition) is 1. The van der Waals surface area contributed by atoms with Gasteiger partial charge in [-0.1, -0.05) is 19.1 Å². The lowest BCUT2D eigenvalue weighted by molar-refractivity contribution is -0.137. The van der Waals surface area contributed by atoms with Crippen LogP contribution in [0.25, 0.3) is 0 Å². The maximum atomic E-state index is 13.0. The van der Waals surface area contributed by atoms with Gasteiger partial charge in [-0.15, -0.1) is 0 Å². The molecule has 1 fully saturated rings. The van der Waals surface area contributed by atoms with E-state index in [9.17, 15) is 18.0 Å². The average Bonchev–Trinajstić information content (AvgIpc) is 3.11. The maximum Gasteiger partial charge on any atom is 0.418 e. The third-order valence-electron chi connectivity index (χ3n) is 4.29. The molecule has 3 rings (SSSR count). The van der Waals surface area contributed by atoms with Crippen molar-refractivity contribution >= 4 is 28.3 Å². The van der Waals surface area contributed by atoms with Gasteiger partial charge in [-0.05, 0) is 12.1 Å². The van der Waals surface area contributed by atoms with Crippen molar-refractivity contribution in [1.82, 2.24) is 14.3 Å². The first-order chi connectivity index (χ1) is 12.9. The van der Waals surface area contributed by atoms with Crippen LogP contribution in [-0.4, -0.2) is 52.9 Å². The summed E-state index contributed by atoms with van der Waals surface area (Å²) in [6.07, 6.45) is -3.72. The van der Waals surface area contributed by atoms with E-state index < -0.39 is 17.6 Å². The number of para-hydroxylation sites is 1. The molecule has 1 aromatic heterocycles. The Morgan fingerprint density at radius 2 is 1.93 bits per heavy atom. The molecule has 0 saturated carbocycles. The molecule has 0 unspecified atom stereocenters. The molecule has 2 heterocycles. The third-order valence-corrected chi connectivity index (χ3v) is 5.10. The third kappa shape index (κ3) is 4.95. The molecule has 146 valence electrons. The van der Waals surface area contributed by atoms with Gasteiger partial charge >= 0.3 is 6.18 Å². The van der Waals surface area contributed by atoms with Crippen LogP contribution < -0.4 is 10.2 Å². The van der Waals surface area contributed by atoms with Gasteiger partial charge in [0.2, 0.25) is 11.0 Å². The number of anilines is 2. The number of halogens is 3. The van der Waals surface area contributed by atoms with E-state index in [1.165, 1.54) is 29.7 Å². The summed E-state index contributed by atoms with van der Waals surface area (Å²) < 4.78 is 43.3. The van der Waals surface area contributed by atoms with Crippen molar-refractivity contribution in [3.05, 3.63) is 35.7 Å². The predicted octanol–water partition coefficient (Wildman–Crippen LogP) is 2.88. The van der Waals surface area contributed by atoms with Crippen LogP contribution in [0.5, 0.6) is 0 Å². The Bertz CT molecular complexity index is 787. The fourth-order valence-corrected chi connectivity index (χ4v) is 3.65. The summed E-state index contributed by atoms with van der Waals surface area (Å²) in [6.45, 7) is 4.72. The van der Waals surface area contributed by atoms with Crippen LogP contribution in [0, 0.1) is 0 Å². The summed E-state index contributed by atoms with van der Waals surface area (Å²) in [7, 11) is 0. The number of carbonyl (C=O) groups is 1. The summed E-state index contributed by atoms with van der Waals surface area (Å²) in [5, 5.41) is 3.25. The summed E-state index contributed by atoms with van der Waals surface area (Å²) in [5.74, 6) is 0.365. The molecular formula is C17H20F3N5OS. The van der Waals surface area contributed by atoms with Gasteiger partial charge in [0, 0.05) is 44.1 Å². The average molecular weight is 399 g/mol. The number of rotatable bonds is 5. The molecule has 27 heavy (non-hydrogen) atoms. The molecule has 0 radical (unpaired) electrons. The van der Waals surface area contributed by atoms with Crippen molar-refractivity contribution in [2.75, 3.05) is 42.9 Å². The monoisotopic (exact) mass is 399 g/mol. The molecule has 1 N–H and O–H groups in total. The smallest absolute Gasteiger partial charge is 0.344 e. The molecule has 1 aliphatic rings. The summed E-state index contributed by atoms with van der Waals surface area (Å²) in [4.78, 5) is 20.7. The van der Waals surface area contributed by atoms with E-state index in [2.05, 4.69) is 19.6 Å². The van der Waals surface area contributed by atoms with E-state index >= 15 is 0 Å². The Kier molecular flexibility index (Phi) is 5.95. The highest BCUT2D eigenvalue weighted by Crippen LogP contribution is 2.34. The van der Waals surface area contributed by atoms with Crippen molar-refractivity contribution in [1.29, 1.82) is 0 Å². The number of piperazine rings is 1. The van der Waals surface area contributed by atoms with E-state index in [-0.39, 0.29) is 12.2 Å². The van der Waals surface area contributed by atoms with E-state index in [4.69, 9.17) is 0 Å². The number of nitrogens with one attached hydrogen (secondary N) is 1. The van der Waals surface area contributed by atoms with Crippen LogP contribution in [0.3, 0.4) is 0 Å². The molecule has 0 aliphatic carbocycles. The zero-order valence-electron chi connectivity index (χ0n) is 14.8. The first-order valence-corrected chi connectivity index (χ1v) is 9.40. The highest BCUT2D eigenvalue weighted by molar-refractivity contribution is 7.09. The predicted molar refractivity (Wildman–Crippen MR) is 98.0 cm³/mol. The Hall–Kier alpha value is -2.20. The standard InChI is InChI=1S/C17H20F3N5OS/c1-2-14-22-16(27-23-14)25-9-7-24(8-10-25)11-15(26)21-13-6-4-3-5-12(13)17(18,19)20/h3-6H,2,7-11H2,1H3,(H,21,26). The van der Waals surface area contributed by atoms with Gasteiger partial charge in [0.25, 0.3) is 0 Å². The lowest BCUT2D eigenvalue weighted by atomic mass is 10.1. The second-order valence-corrected chi connectivity index (χ2v) is 6.93. The van der Waals surface area contributed by atoms with Crippen molar-refractivity contribution < 1.29 is 18.0 Å². The van der Waals surface area contributed by atoms with Crippen LogP contribution in [0.4, 0.5) is 24.0 Å². The van der Waals surface area contributed by atoms with E-state index in [1.54, 1.807) is 0 Å². The van der Waals surface area contributed by atoms with Gasteiger partial charge in [0.15, 0.2) is 0 Å². The summed E-state index contributed by atoms with van der Waals surface area (Å²) >= 11 is 1.36. The fourth-order valence-electron chi connectivity index (χ4n) is 2.85. The number of carbonyl (C=O) groups excluding carboxylic acids is 1. The molecule has 2 aromatic rings. The minimum Gasteiger partial charge on any atom is -0.344 e. The van der Waals surface area contributed by atoms with Crippen LogP contribution in [0.2, 0.25) is 0 Å². The van der Waals surface area contributed by atoms with Crippen LogP contribution in [0.15, 0.2) is 24.3 Å². The van der Waals surface area contributed by atoms with Gasteiger partial charge < -0.3 is 10.2 Å². The van der Waals surface area contributed by atoms with Crippen molar-refractivity contribution in [3.63, 3.8) is 0 Å². The van der Waals surface area contributed by atoms with E-state index in [0.717, 1.165) is 23.4 Å². The molecule has 1 saturated heterocycles. The van der Waals surface area contributed by atoms with Gasteiger partial charge in [-0.3, -0.25) is 9.69 Å². The maximum absolute atomic E-state index is 13.0. The number of amides is 1. The van der Waals surface area contributed by atoms with Gasteiger partial charge in [0.1, 0.15) is 5.82 Å². The topological polar surface area (TPSA) is 61.4 Å². The van der Waals surface area contributed by atoms with Crippen LogP contribution in [-0.2, 0) is 17.4 Å². The first kappa shape index (κ1) is 19.6. The minimum absolute atomic E-state index is 0.0519. The normalized spacial score (nSPS) is 15.8. The van der Waals surface area contributed by atoms with E-state index in [0.29, 0.717) is 26.2 Å². The zero-order valence-corrected chi connectivity index (χ0v) is 15.6. The van der Waals surface area contributed by atoms with Crippen LogP contribution >= 0.6 is 11.5 Å². The number of nitrogens with zero attached hydrogens (tertiary/aromatic N) is 4. The van der Waals surface area contributed by atoms with Gasteiger partial charge in [0.05, 0.1) is 17.8 Å². The number of hydrogen-bond acceptors (Lipinski definition) is 6. The summed E-state index contributed by atoms with van der Waals surface area (Å²) in [5.41, 5.74) is -1.05. The van der Waals surface area contributed by atoms with Crippen molar-refractivity contribution in [3.8, 4) is 0 Å². The molecular weight excluding hydrogens is 379 g/mol. The molecule has 0 bridgehead atoms. The minimum atomic E-state index is -4.51. The van der Waals surface area contributed by atoms with Crippen molar-refractivity contribution in [2.24, 2.45) is 0 Å². The number of benzene rings is 1. The quantitative estimate of drug-likeness (QED) is 0.838. The molecule has 0 spiro atoms. The molecule has 1 amide bonds. The summed E-state index contributed by atoms with van der Waals surface area (Å²) in [6, 6.07) is 4.99. The lowest BCUT2D eigenvalue weighted by Crippen LogP contribution is -2.48. The number of alkyl halides is 3. The Morgan fingerprint density at radius 1 is 1.22 bits per heavy atom. The van der Waals surface area contributed by atoms with Crippen molar-refractivity contribution in [2.45, 2.75) is 19.5 Å².